The maximum Gasteiger partial charge on any atom is 0.457 e. The lowest BCUT2D eigenvalue weighted by Gasteiger charge is -2.13. The highest BCUT2D eigenvalue weighted by Crippen LogP contribution is 2.35. The maximum absolute atomic E-state index is 11.4. The standard InChI is InChI=1S/C4H3F5.C2H4/c1-2-3(5,6)4(7,8)9;1-2/h2H,1H2;1-2H2. The van der Waals surface area contributed by atoms with Crippen LogP contribution in [0.2, 0.25) is 0 Å². The molecule has 0 rings (SSSR count). The van der Waals surface area contributed by atoms with Gasteiger partial charge in [0.05, 0.1) is 0 Å². The summed E-state index contributed by atoms with van der Waals surface area (Å²) in [4.78, 5) is 0. The first kappa shape index (κ1) is 12.8. The average Bonchev–Trinajstić information content (AvgIpc) is 1.90. The van der Waals surface area contributed by atoms with Gasteiger partial charge in [-0.05, 0) is 6.08 Å². The molecule has 0 atom stereocenters. The summed E-state index contributed by atoms with van der Waals surface area (Å²) in [5, 5.41) is 0. The summed E-state index contributed by atoms with van der Waals surface area (Å²) in [5.41, 5.74) is 0. The zero-order chi connectivity index (χ0) is 9.71. The lowest BCUT2D eigenvalue weighted by atomic mass is 10.3. The molecule has 0 amide bonds. The van der Waals surface area contributed by atoms with Crippen molar-refractivity contribution >= 4 is 0 Å². The Kier molecular flexibility index (Phi) is 4.76. The van der Waals surface area contributed by atoms with Crippen LogP contribution in [0.4, 0.5) is 22.0 Å². The Balaban J connectivity index is 0. The first-order chi connectivity index (χ1) is 4.81. The number of hydrogen-bond acceptors (Lipinski definition) is 0. The molecule has 0 N–H and O–H groups in total. The van der Waals surface area contributed by atoms with Gasteiger partial charge in [0.25, 0.3) is 0 Å². The van der Waals surface area contributed by atoms with E-state index in [0.717, 1.165) is 0 Å². The van der Waals surface area contributed by atoms with Gasteiger partial charge >= 0.3 is 12.1 Å². The molecular formula is C6H7F5. The predicted octanol–water partition coefficient (Wildman–Crippen LogP) is 3.17. The second-order valence-corrected chi connectivity index (χ2v) is 1.32. The molecule has 0 radical (unpaired) electrons. The van der Waals surface area contributed by atoms with Crippen LogP contribution in [-0.4, -0.2) is 12.1 Å². The molecule has 0 aromatic carbocycles. The quantitative estimate of drug-likeness (QED) is 0.423. The van der Waals surface area contributed by atoms with Crippen molar-refractivity contribution in [2.45, 2.75) is 12.1 Å². The van der Waals surface area contributed by atoms with Gasteiger partial charge in [0, 0.05) is 0 Å². The van der Waals surface area contributed by atoms with E-state index in [1.54, 1.807) is 0 Å². The van der Waals surface area contributed by atoms with Crippen LogP contribution in [0.1, 0.15) is 0 Å². The van der Waals surface area contributed by atoms with Gasteiger partial charge in [-0.2, -0.15) is 22.0 Å². The summed E-state index contributed by atoms with van der Waals surface area (Å²) >= 11 is 0. The van der Waals surface area contributed by atoms with Gasteiger partial charge in [-0.1, -0.05) is 6.58 Å². The molecule has 0 nitrogen and oxygen atoms in total. The molecule has 0 aromatic rings. The number of hydrogen-bond donors (Lipinski definition) is 0. The fourth-order valence-electron chi connectivity index (χ4n) is 0.116. The summed E-state index contributed by atoms with van der Waals surface area (Å²) in [7, 11) is 0. The van der Waals surface area contributed by atoms with E-state index in [0.29, 0.717) is 0 Å². The van der Waals surface area contributed by atoms with E-state index in [1.807, 2.05) is 0 Å². The molecule has 0 unspecified atom stereocenters. The van der Waals surface area contributed by atoms with E-state index >= 15 is 0 Å². The molecule has 0 saturated heterocycles. The summed E-state index contributed by atoms with van der Waals surface area (Å²) < 4.78 is 55.9. The van der Waals surface area contributed by atoms with E-state index in [4.69, 9.17) is 0 Å². The molecule has 11 heavy (non-hydrogen) atoms. The van der Waals surface area contributed by atoms with Gasteiger partial charge < -0.3 is 0 Å². The smallest absolute Gasteiger partial charge is 0.192 e. The molecule has 0 aliphatic rings. The number of allylic oxidation sites excluding steroid dienone is 1. The van der Waals surface area contributed by atoms with Crippen LogP contribution in [-0.2, 0) is 0 Å². The highest BCUT2D eigenvalue weighted by molar-refractivity contribution is 4.92. The van der Waals surface area contributed by atoms with Crippen LogP contribution >= 0.6 is 0 Å². The number of alkyl halides is 5. The van der Waals surface area contributed by atoms with Gasteiger partial charge in [0.2, 0.25) is 0 Å². The first-order valence-electron chi connectivity index (χ1n) is 2.39. The van der Waals surface area contributed by atoms with E-state index in [1.165, 1.54) is 0 Å². The van der Waals surface area contributed by atoms with Crippen LogP contribution in [0, 0.1) is 0 Å². The molecule has 0 spiro atoms. The van der Waals surface area contributed by atoms with Gasteiger partial charge in [0.1, 0.15) is 0 Å². The van der Waals surface area contributed by atoms with Gasteiger partial charge in [-0.25, -0.2) is 0 Å². The molecule has 0 aliphatic carbocycles. The lowest BCUT2D eigenvalue weighted by molar-refractivity contribution is -0.259. The molecule has 0 fully saturated rings. The van der Waals surface area contributed by atoms with E-state index in [9.17, 15) is 22.0 Å². The fraction of sp³-hybridized carbons (Fsp3) is 0.333. The average molecular weight is 174 g/mol. The third-order valence-corrected chi connectivity index (χ3v) is 0.634. The van der Waals surface area contributed by atoms with Crippen molar-refractivity contribution in [2.75, 3.05) is 0 Å². The Labute approximate surface area is 61.0 Å². The van der Waals surface area contributed by atoms with Crippen molar-refractivity contribution in [3.8, 4) is 0 Å². The van der Waals surface area contributed by atoms with Crippen molar-refractivity contribution in [1.29, 1.82) is 0 Å². The summed E-state index contributed by atoms with van der Waals surface area (Å²) in [6.07, 6.45) is -5.94. The zero-order valence-corrected chi connectivity index (χ0v) is 5.59. The molecule has 0 saturated carbocycles. The minimum absolute atomic E-state index is 0.438. The summed E-state index contributed by atoms with van der Waals surface area (Å²) in [6.45, 7) is 8.33. The van der Waals surface area contributed by atoms with Crippen molar-refractivity contribution in [1.82, 2.24) is 0 Å². The predicted molar refractivity (Wildman–Crippen MR) is 32.5 cm³/mol. The first-order valence-corrected chi connectivity index (χ1v) is 2.39. The van der Waals surface area contributed by atoms with Crippen LogP contribution in [0.5, 0.6) is 0 Å². The largest absolute Gasteiger partial charge is 0.457 e. The molecule has 0 aromatic heterocycles. The topological polar surface area (TPSA) is 0 Å². The van der Waals surface area contributed by atoms with Crippen molar-refractivity contribution in [3.05, 3.63) is 25.8 Å². The monoisotopic (exact) mass is 174 g/mol. The number of rotatable bonds is 1. The highest BCUT2D eigenvalue weighted by atomic mass is 19.4. The second-order valence-electron chi connectivity index (χ2n) is 1.32. The summed E-state index contributed by atoms with van der Waals surface area (Å²) in [5.74, 6) is -4.76. The van der Waals surface area contributed by atoms with E-state index < -0.39 is 18.2 Å². The van der Waals surface area contributed by atoms with Gasteiger partial charge in [0.15, 0.2) is 0 Å². The third-order valence-electron chi connectivity index (χ3n) is 0.634. The maximum atomic E-state index is 11.4. The van der Waals surface area contributed by atoms with Crippen LogP contribution < -0.4 is 0 Å². The Morgan fingerprint density at radius 2 is 1.18 bits per heavy atom. The SMILES string of the molecule is C=C.C=CC(F)(F)C(F)(F)F. The normalized spacial score (nSPS) is 11.4. The zero-order valence-electron chi connectivity index (χ0n) is 5.59. The minimum Gasteiger partial charge on any atom is -0.192 e. The Morgan fingerprint density at radius 3 is 1.18 bits per heavy atom. The van der Waals surface area contributed by atoms with Crippen LogP contribution in [0.15, 0.2) is 25.8 Å². The molecule has 0 heterocycles. The van der Waals surface area contributed by atoms with Crippen LogP contribution in [0.3, 0.4) is 0 Å². The van der Waals surface area contributed by atoms with E-state index in [-0.39, 0.29) is 0 Å². The fourth-order valence-corrected chi connectivity index (χ4v) is 0.116. The summed E-state index contributed by atoms with van der Waals surface area (Å²) in [6, 6.07) is 0. The Morgan fingerprint density at radius 1 is 0.909 bits per heavy atom. The van der Waals surface area contributed by atoms with E-state index in [2.05, 4.69) is 19.7 Å². The van der Waals surface area contributed by atoms with Crippen LogP contribution in [0.25, 0.3) is 0 Å². The third kappa shape index (κ3) is 3.75. The molecule has 66 valence electrons. The molecule has 0 aliphatic heterocycles. The van der Waals surface area contributed by atoms with Crippen molar-refractivity contribution in [2.24, 2.45) is 0 Å². The molecule has 0 bridgehead atoms. The lowest BCUT2D eigenvalue weighted by Crippen LogP contribution is -2.33. The molecule has 5 heteroatoms. The second kappa shape index (κ2) is 4.10. The van der Waals surface area contributed by atoms with Crippen molar-refractivity contribution in [3.63, 3.8) is 0 Å². The highest BCUT2D eigenvalue weighted by Gasteiger charge is 2.54. The Hall–Kier alpha value is -0.870. The minimum atomic E-state index is -5.51. The van der Waals surface area contributed by atoms with Crippen molar-refractivity contribution < 1.29 is 22.0 Å². The van der Waals surface area contributed by atoms with Gasteiger partial charge in [-0.15, -0.1) is 13.2 Å². The number of halogens is 5. The van der Waals surface area contributed by atoms with Gasteiger partial charge in [-0.3, -0.25) is 0 Å². The Bertz CT molecular complexity index is 123. The molecular weight excluding hydrogens is 167 g/mol.